The Balaban J connectivity index is 1.51. The summed E-state index contributed by atoms with van der Waals surface area (Å²) < 4.78 is 5.82. The number of aliphatic imine (C=N–C) groups is 1. The monoisotopic (exact) mass is 478 g/mol. The molecule has 1 fully saturated rings. The van der Waals surface area contributed by atoms with Gasteiger partial charge in [0.2, 0.25) is 0 Å². The first kappa shape index (κ1) is 22.9. The third kappa shape index (κ3) is 5.15. The van der Waals surface area contributed by atoms with Crippen LogP contribution in [-0.2, 0) is 11.2 Å². The zero-order chi connectivity index (χ0) is 24.0. The van der Waals surface area contributed by atoms with Crippen molar-refractivity contribution in [3.63, 3.8) is 0 Å². The molecule has 4 nitrogen and oxygen atoms in total. The number of para-hydroxylation sites is 1. The number of nitrogens with zero attached hydrogens (tertiary/aromatic N) is 2. The SMILES string of the molecule is CCOc1ccc(/C=C2/SC(=Nc3ccccc3)N(CCc3ccccc3)C2=O)c2ccccc12. The van der Waals surface area contributed by atoms with Crippen LogP contribution in [0.5, 0.6) is 5.75 Å². The highest BCUT2D eigenvalue weighted by Gasteiger charge is 2.33. The maximum Gasteiger partial charge on any atom is 0.266 e. The van der Waals surface area contributed by atoms with Gasteiger partial charge in [-0.3, -0.25) is 9.69 Å². The molecular formula is C30H26N2O2S. The van der Waals surface area contributed by atoms with Crippen molar-refractivity contribution in [1.29, 1.82) is 0 Å². The van der Waals surface area contributed by atoms with E-state index in [0.717, 1.165) is 34.2 Å². The molecule has 5 heteroatoms. The largest absolute Gasteiger partial charge is 0.493 e. The maximum atomic E-state index is 13.6. The molecular weight excluding hydrogens is 452 g/mol. The number of thioether (sulfide) groups is 1. The van der Waals surface area contributed by atoms with Crippen molar-refractivity contribution in [2.45, 2.75) is 13.3 Å². The quantitative estimate of drug-likeness (QED) is 0.266. The molecule has 0 atom stereocenters. The minimum absolute atomic E-state index is 0.0152. The minimum Gasteiger partial charge on any atom is -0.493 e. The lowest BCUT2D eigenvalue weighted by atomic mass is 10.0. The molecule has 4 aromatic carbocycles. The number of carbonyl (C=O) groups excluding carboxylic acids is 1. The average molecular weight is 479 g/mol. The van der Waals surface area contributed by atoms with Crippen molar-refractivity contribution in [3.05, 3.63) is 113 Å². The number of rotatable bonds is 7. The Labute approximate surface area is 210 Å². The summed E-state index contributed by atoms with van der Waals surface area (Å²) in [6, 6.07) is 32.2. The number of fused-ring (bicyclic) bond motifs is 1. The van der Waals surface area contributed by atoms with Crippen LogP contribution in [0, 0.1) is 0 Å². The lowest BCUT2D eigenvalue weighted by Gasteiger charge is -2.15. The van der Waals surface area contributed by atoms with Crippen molar-refractivity contribution in [2.24, 2.45) is 4.99 Å². The van der Waals surface area contributed by atoms with Gasteiger partial charge in [0.05, 0.1) is 17.2 Å². The number of amidine groups is 1. The fourth-order valence-corrected chi connectivity index (χ4v) is 5.15. The highest BCUT2D eigenvalue weighted by Crippen LogP contribution is 2.36. The van der Waals surface area contributed by atoms with E-state index >= 15 is 0 Å². The molecule has 1 amide bonds. The van der Waals surface area contributed by atoms with Crippen LogP contribution in [0.15, 0.2) is 107 Å². The Kier molecular flexibility index (Phi) is 6.96. The van der Waals surface area contributed by atoms with Crippen LogP contribution in [0.2, 0.25) is 0 Å². The summed E-state index contributed by atoms with van der Waals surface area (Å²) in [5, 5.41) is 2.81. The zero-order valence-corrected chi connectivity index (χ0v) is 20.4. The van der Waals surface area contributed by atoms with Crippen molar-refractivity contribution in [3.8, 4) is 5.75 Å². The third-order valence-corrected chi connectivity index (χ3v) is 6.85. The molecule has 0 unspecified atom stereocenters. The van der Waals surface area contributed by atoms with Crippen LogP contribution in [0.25, 0.3) is 16.8 Å². The lowest BCUT2D eigenvalue weighted by molar-refractivity contribution is -0.122. The molecule has 0 aromatic heterocycles. The molecule has 1 aliphatic heterocycles. The van der Waals surface area contributed by atoms with Crippen molar-refractivity contribution < 1.29 is 9.53 Å². The third-order valence-electron chi connectivity index (χ3n) is 5.84. The van der Waals surface area contributed by atoms with Gasteiger partial charge in [-0.2, -0.15) is 0 Å². The van der Waals surface area contributed by atoms with Crippen molar-refractivity contribution in [1.82, 2.24) is 4.90 Å². The minimum atomic E-state index is -0.0152. The highest BCUT2D eigenvalue weighted by atomic mass is 32.2. The van der Waals surface area contributed by atoms with Crippen LogP contribution < -0.4 is 4.74 Å². The molecule has 0 saturated carbocycles. The van der Waals surface area contributed by atoms with Crippen molar-refractivity contribution in [2.75, 3.05) is 13.2 Å². The molecule has 1 saturated heterocycles. The summed E-state index contributed by atoms with van der Waals surface area (Å²) >= 11 is 1.43. The van der Waals surface area contributed by atoms with Crippen LogP contribution in [0.1, 0.15) is 18.1 Å². The second-order valence-electron chi connectivity index (χ2n) is 8.16. The maximum absolute atomic E-state index is 13.6. The van der Waals surface area contributed by atoms with Gasteiger partial charge in [-0.15, -0.1) is 0 Å². The summed E-state index contributed by atoms with van der Waals surface area (Å²) in [6.07, 6.45) is 2.74. The first-order chi connectivity index (χ1) is 17.2. The summed E-state index contributed by atoms with van der Waals surface area (Å²) in [5.74, 6) is 0.838. The Morgan fingerprint density at radius 3 is 2.29 bits per heavy atom. The van der Waals surface area contributed by atoms with E-state index < -0.39 is 0 Å². The molecule has 35 heavy (non-hydrogen) atoms. The second kappa shape index (κ2) is 10.6. The smallest absolute Gasteiger partial charge is 0.266 e. The van der Waals surface area contributed by atoms with Crippen LogP contribution >= 0.6 is 11.8 Å². The van der Waals surface area contributed by atoms with Gasteiger partial charge in [0.25, 0.3) is 5.91 Å². The molecule has 0 spiro atoms. The van der Waals surface area contributed by atoms with Gasteiger partial charge >= 0.3 is 0 Å². The van der Waals surface area contributed by atoms with Crippen LogP contribution in [0.4, 0.5) is 5.69 Å². The number of carbonyl (C=O) groups is 1. The van der Waals surface area contributed by atoms with Gasteiger partial charge in [0, 0.05) is 11.9 Å². The Hall–Kier alpha value is -3.83. The summed E-state index contributed by atoms with van der Waals surface area (Å²) in [4.78, 5) is 20.9. The van der Waals surface area contributed by atoms with E-state index in [2.05, 4.69) is 24.3 Å². The van der Waals surface area contributed by atoms with Gasteiger partial charge in [0.1, 0.15) is 5.75 Å². The van der Waals surface area contributed by atoms with Gasteiger partial charge in [-0.05, 0) is 65.9 Å². The topological polar surface area (TPSA) is 41.9 Å². The van der Waals surface area contributed by atoms with Gasteiger partial charge in [0.15, 0.2) is 5.17 Å². The fraction of sp³-hybridized carbons (Fsp3) is 0.133. The molecule has 0 radical (unpaired) electrons. The van der Waals surface area contributed by atoms with E-state index in [0.29, 0.717) is 23.2 Å². The van der Waals surface area contributed by atoms with E-state index in [4.69, 9.17) is 9.73 Å². The predicted molar refractivity (Wildman–Crippen MR) is 146 cm³/mol. The fourth-order valence-electron chi connectivity index (χ4n) is 4.13. The molecule has 174 valence electrons. The Morgan fingerprint density at radius 2 is 1.54 bits per heavy atom. The number of ether oxygens (including phenoxy) is 1. The summed E-state index contributed by atoms with van der Waals surface area (Å²) in [5.41, 5.74) is 3.02. The molecule has 0 bridgehead atoms. The number of hydrogen-bond donors (Lipinski definition) is 0. The van der Waals surface area contributed by atoms with E-state index in [1.807, 2.05) is 85.8 Å². The van der Waals surface area contributed by atoms with E-state index in [9.17, 15) is 4.79 Å². The van der Waals surface area contributed by atoms with Gasteiger partial charge in [-0.25, -0.2) is 4.99 Å². The normalized spacial score (nSPS) is 15.9. The van der Waals surface area contributed by atoms with Gasteiger partial charge < -0.3 is 4.74 Å². The first-order valence-corrected chi connectivity index (χ1v) is 12.6. The summed E-state index contributed by atoms with van der Waals surface area (Å²) in [7, 11) is 0. The average Bonchev–Trinajstić information content (AvgIpc) is 3.19. The van der Waals surface area contributed by atoms with Gasteiger partial charge in [-0.1, -0.05) is 78.9 Å². The molecule has 1 heterocycles. The van der Waals surface area contributed by atoms with Crippen molar-refractivity contribution >= 4 is 45.4 Å². The lowest BCUT2D eigenvalue weighted by Crippen LogP contribution is -2.31. The Morgan fingerprint density at radius 1 is 0.857 bits per heavy atom. The molecule has 0 aliphatic carbocycles. The summed E-state index contributed by atoms with van der Waals surface area (Å²) in [6.45, 7) is 3.16. The highest BCUT2D eigenvalue weighted by molar-refractivity contribution is 8.18. The molecule has 0 N–H and O–H groups in total. The molecule has 4 aromatic rings. The van der Waals surface area contributed by atoms with E-state index in [-0.39, 0.29) is 5.91 Å². The number of amides is 1. The van der Waals surface area contributed by atoms with E-state index in [1.165, 1.54) is 17.3 Å². The first-order valence-electron chi connectivity index (χ1n) is 11.8. The number of benzene rings is 4. The zero-order valence-electron chi connectivity index (χ0n) is 19.6. The second-order valence-corrected chi connectivity index (χ2v) is 9.17. The van der Waals surface area contributed by atoms with Crippen LogP contribution in [-0.4, -0.2) is 29.1 Å². The molecule has 1 aliphatic rings. The molecule has 5 rings (SSSR count). The standard InChI is InChI=1S/C30H26N2O2S/c1-2-34-27-18-17-23(25-15-9-10-16-26(25)27)21-28-29(33)32(20-19-22-11-5-3-6-12-22)30(35-28)31-24-13-7-4-8-14-24/h3-18,21H,2,19-20H2,1H3/b28-21+,31-30?. The van der Waals surface area contributed by atoms with E-state index in [1.54, 1.807) is 4.90 Å². The Bertz CT molecular complexity index is 1400. The van der Waals surface area contributed by atoms with Crippen LogP contribution in [0.3, 0.4) is 0 Å². The number of hydrogen-bond acceptors (Lipinski definition) is 4. The predicted octanol–water partition coefficient (Wildman–Crippen LogP) is 7.09.